The first-order chi connectivity index (χ1) is 14.5. The summed E-state index contributed by atoms with van der Waals surface area (Å²) in [7, 11) is 0. The first kappa shape index (κ1) is 20.4. The first-order valence-corrected chi connectivity index (χ1v) is 11.3. The van der Waals surface area contributed by atoms with Crippen molar-refractivity contribution < 1.29 is 14.3 Å². The number of aryl methyl sites for hydroxylation is 2. The van der Waals surface area contributed by atoms with E-state index in [0.29, 0.717) is 10.5 Å². The molecule has 1 aliphatic heterocycles. The maximum absolute atomic E-state index is 13.2. The molecule has 0 radical (unpaired) electrons. The molecule has 0 atom stereocenters. The number of nitrogens with zero attached hydrogens (tertiary/aromatic N) is 1. The van der Waals surface area contributed by atoms with Gasteiger partial charge in [-0.25, -0.2) is 0 Å². The fourth-order valence-corrected chi connectivity index (χ4v) is 5.23. The van der Waals surface area contributed by atoms with Crippen LogP contribution in [0.2, 0.25) is 0 Å². The molecule has 0 saturated heterocycles. The highest BCUT2D eigenvalue weighted by Crippen LogP contribution is 2.40. The van der Waals surface area contributed by atoms with Gasteiger partial charge in [-0.15, -0.1) is 11.3 Å². The van der Waals surface area contributed by atoms with Gasteiger partial charge in [0.05, 0.1) is 17.0 Å². The minimum atomic E-state index is -0.263. The second kappa shape index (κ2) is 8.90. The van der Waals surface area contributed by atoms with Gasteiger partial charge in [0.2, 0.25) is 0 Å². The minimum Gasteiger partial charge on any atom is -0.492 e. The summed E-state index contributed by atoms with van der Waals surface area (Å²) in [5.74, 6) is 0.225. The lowest BCUT2D eigenvalue weighted by Gasteiger charge is -2.16. The van der Waals surface area contributed by atoms with Crippen molar-refractivity contribution in [3.05, 3.63) is 87.0 Å². The summed E-state index contributed by atoms with van der Waals surface area (Å²) in [6.45, 7) is 4.48. The summed E-state index contributed by atoms with van der Waals surface area (Å²) in [5.41, 5.74) is 2.71. The van der Waals surface area contributed by atoms with Crippen LogP contribution in [0.1, 0.15) is 16.0 Å². The molecule has 2 heterocycles. The van der Waals surface area contributed by atoms with E-state index >= 15 is 0 Å². The fraction of sp³-hybridized carbons (Fsp3) is 0.167. The normalized spacial score (nSPS) is 14.0. The number of carbonyl (C=O) groups excluding carboxylic acids is 2. The van der Waals surface area contributed by atoms with Crippen molar-refractivity contribution in [1.82, 2.24) is 4.90 Å². The van der Waals surface area contributed by atoms with Crippen LogP contribution < -0.4 is 4.74 Å². The van der Waals surface area contributed by atoms with Crippen molar-refractivity contribution in [1.29, 1.82) is 0 Å². The predicted octanol–water partition coefficient (Wildman–Crippen LogP) is 5.32. The lowest BCUT2D eigenvalue weighted by Crippen LogP contribution is -2.35. The average molecular weight is 436 g/mol. The Balaban J connectivity index is 1.53. The number of thioether (sulfide) groups is 1. The monoisotopic (exact) mass is 435 g/mol. The van der Waals surface area contributed by atoms with Crippen molar-refractivity contribution in [2.75, 3.05) is 13.2 Å². The first-order valence-electron chi connectivity index (χ1n) is 9.61. The number of rotatable bonds is 7. The van der Waals surface area contributed by atoms with Crippen LogP contribution in [0.15, 0.2) is 75.8 Å². The van der Waals surface area contributed by atoms with Crippen molar-refractivity contribution in [2.24, 2.45) is 0 Å². The van der Waals surface area contributed by atoms with Crippen LogP contribution >= 0.6 is 23.1 Å². The van der Waals surface area contributed by atoms with E-state index < -0.39 is 0 Å². The van der Waals surface area contributed by atoms with E-state index in [1.807, 2.05) is 73.8 Å². The predicted molar refractivity (Wildman–Crippen MR) is 122 cm³/mol. The Morgan fingerprint density at radius 1 is 0.933 bits per heavy atom. The molecular weight excluding hydrogens is 414 g/mol. The second-order valence-electron chi connectivity index (χ2n) is 7.03. The van der Waals surface area contributed by atoms with Gasteiger partial charge in [-0.1, -0.05) is 42.1 Å². The topological polar surface area (TPSA) is 46.6 Å². The van der Waals surface area contributed by atoms with Crippen molar-refractivity contribution in [2.45, 2.75) is 18.7 Å². The highest BCUT2D eigenvalue weighted by Gasteiger charge is 2.39. The molecule has 2 aromatic carbocycles. The summed E-state index contributed by atoms with van der Waals surface area (Å²) >= 11 is 2.80. The van der Waals surface area contributed by atoms with Crippen molar-refractivity contribution in [3.8, 4) is 5.75 Å². The Bertz CT molecular complexity index is 1080. The van der Waals surface area contributed by atoms with Gasteiger partial charge < -0.3 is 4.74 Å². The highest BCUT2D eigenvalue weighted by atomic mass is 32.2. The third-order valence-corrected chi connectivity index (χ3v) is 6.61. The quantitative estimate of drug-likeness (QED) is 0.472. The molecule has 2 amide bonds. The van der Waals surface area contributed by atoms with Gasteiger partial charge in [0.1, 0.15) is 12.4 Å². The van der Waals surface area contributed by atoms with Crippen LogP contribution in [0.3, 0.4) is 0 Å². The van der Waals surface area contributed by atoms with Gasteiger partial charge in [0.25, 0.3) is 11.8 Å². The Morgan fingerprint density at radius 3 is 2.33 bits per heavy atom. The molecule has 3 aromatic rings. The zero-order chi connectivity index (χ0) is 21.1. The van der Waals surface area contributed by atoms with Crippen LogP contribution in [0.5, 0.6) is 5.75 Å². The average Bonchev–Trinajstić information content (AvgIpc) is 3.31. The fourth-order valence-electron chi connectivity index (χ4n) is 3.37. The summed E-state index contributed by atoms with van der Waals surface area (Å²) in [6.07, 6.45) is 0. The molecule has 0 saturated carbocycles. The van der Waals surface area contributed by atoms with Crippen LogP contribution in [0, 0.1) is 13.8 Å². The molecule has 0 unspecified atom stereocenters. The van der Waals surface area contributed by atoms with E-state index in [0.717, 1.165) is 26.6 Å². The zero-order valence-electron chi connectivity index (χ0n) is 16.8. The van der Waals surface area contributed by atoms with E-state index in [1.165, 1.54) is 28.0 Å². The molecule has 6 heteroatoms. The molecule has 1 aromatic heterocycles. The Morgan fingerprint density at radius 2 is 1.67 bits per heavy atom. The molecule has 0 fully saturated rings. The van der Waals surface area contributed by atoms with Crippen LogP contribution in [-0.4, -0.2) is 29.9 Å². The smallest absolute Gasteiger partial charge is 0.268 e. The van der Waals surface area contributed by atoms with Gasteiger partial charge in [0.15, 0.2) is 0 Å². The summed E-state index contributed by atoms with van der Waals surface area (Å²) in [4.78, 5) is 29.8. The summed E-state index contributed by atoms with van der Waals surface area (Å²) in [6, 6.07) is 19.4. The standard InChI is InChI=1S/C24H21NO3S2/c1-16-13-17(2)15-18(14-16)28-11-10-25-23(26)21(20-9-6-12-29-20)22(24(25)27)30-19-7-4-3-5-8-19/h3-9,12-15H,10-11H2,1-2H3. The Hall–Kier alpha value is -2.83. The minimum absolute atomic E-state index is 0.207. The molecule has 1 aliphatic rings. The molecule has 152 valence electrons. The third kappa shape index (κ3) is 4.35. The van der Waals surface area contributed by atoms with Gasteiger partial charge in [-0.3, -0.25) is 14.5 Å². The Kier molecular flexibility index (Phi) is 6.06. The number of hydrogen-bond acceptors (Lipinski definition) is 5. The highest BCUT2D eigenvalue weighted by molar-refractivity contribution is 8.04. The largest absolute Gasteiger partial charge is 0.492 e. The third-order valence-electron chi connectivity index (χ3n) is 4.63. The number of benzene rings is 2. The van der Waals surface area contributed by atoms with E-state index in [1.54, 1.807) is 0 Å². The van der Waals surface area contributed by atoms with E-state index in [9.17, 15) is 9.59 Å². The van der Waals surface area contributed by atoms with Crippen LogP contribution in [0.4, 0.5) is 0 Å². The van der Waals surface area contributed by atoms with E-state index in [-0.39, 0.29) is 25.0 Å². The molecular formula is C24H21NO3S2. The Labute approximate surface area is 184 Å². The molecule has 4 nitrogen and oxygen atoms in total. The van der Waals surface area contributed by atoms with Crippen molar-refractivity contribution >= 4 is 40.5 Å². The lowest BCUT2D eigenvalue weighted by molar-refractivity contribution is -0.136. The van der Waals surface area contributed by atoms with Crippen molar-refractivity contribution in [3.63, 3.8) is 0 Å². The number of thiophene rings is 1. The van der Waals surface area contributed by atoms with Crippen LogP contribution in [0.25, 0.3) is 5.57 Å². The van der Waals surface area contributed by atoms with Gasteiger partial charge in [-0.2, -0.15) is 0 Å². The number of ether oxygens (including phenoxy) is 1. The number of imide groups is 1. The second-order valence-corrected chi connectivity index (χ2v) is 9.06. The summed E-state index contributed by atoms with van der Waals surface area (Å²) < 4.78 is 5.84. The molecule has 4 rings (SSSR count). The molecule has 0 spiro atoms. The SMILES string of the molecule is Cc1cc(C)cc(OCCN2C(=O)C(Sc3ccccc3)=C(c3cccs3)C2=O)c1. The zero-order valence-corrected chi connectivity index (χ0v) is 18.4. The number of hydrogen-bond donors (Lipinski definition) is 0. The van der Waals surface area contributed by atoms with Gasteiger partial charge in [-0.05, 0) is 60.7 Å². The van der Waals surface area contributed by atoms with E-state index in [4.69, 9.17) is 4.74 Å². The van der Waals surface area contributed by atoms with Gasteiger partial charge >= 0.3 is 0 Å². The molecule has 0 aliphatic carbocycles. The maximum atomic E-state index is 13.2. The lowest BCUT2D eigenvalue weighted by atomic mass is 10.1. The molecule has 0 bridgehead atoms. The van der Waals surface area contributed by atoms with Gasteiger partial charge in [0, 0.05) is 9.77 Å². The number of carbonyl (C=O) groups is 2. The maximum Gasteiger partial charge on any atom is 0.268 e. The summed E-state index contributed by atoms with van der Waals surface area (Å²) in [5, 5.41) is 1.91. The molecule has 30 heavy (non-hydrogen) atoms. The molecule has 0 N–H and O–H groups in total. The van der Waals surface area contributed by atoms with E-state index in [2.05, 4.69) is 6.07 Å². The number of amides is 2. The van der Waals surface area contributed by atoms with Crippen LogP contribution in [-0.2, 0) is 9.59 Å².